The van der Waals surface area contributed by atoms with Crippen LogP contribution in [0.25, 0.3) is 0 Å². The van der Waals surface area contributed by atoms with Crippen LogP contribution in [0.5, 0.6) is 0 Å². The van der Waals surface area contributed by atoms with Crippen molar-refractivity contribution < 1.29 is 14.0 Å². The maximum absolute atomic E-state index is 13.1. The maximum Gasteiger partial charge on any atom is 0.248 e. The van der Waals surface area contributed by atoms with E-state index in [0.717, 1.165) is 11.3 Å². The number of hydrogen-bond donors (Lipinski definition) is 1. The summed E-state index contributed by atoms with van der Waals surface area (Å²) in [5.74, 6) is -0.0122. The van der Waals surface area contributed by atoms with Gasteiger partial charge in [0.15, 0.2) is 5.13 Å². The lowest BCUT2D eigenvalue weighted by molar-refractivity contribution is -0.142. The predicted octanol–water partition coefficient (Wildman–Crippen LogP) is 3.68. The van der Waals surface area contributed by atoms with Gasteiger partial charge in [-0.05, 0) is 43.4 Å². The number of anilines is 1. The summed E-state index contributed by atoms with van der Waals surface area (Å²) in [6.45, 7) is 0.308. The molecule has 5 nitrogen and oxygen atoms in total. The normalized spacial score (nSPS) is 20.3. The molecule has 1 saturated carbocycles. The van der Waals surface area contributed by atoms with Crippen LogP contribution in [0.4, 0.5) is 9.52 Å². The highest BCUT2D eigenvalue weighted by atomic mass is 32.1. The number of rotatable bonds is 5. The van der Waals surface area contributed by atoms with Gasteiger partial charge in [0.2, 0.25) is 11.8 Å². The number of piperidine rings is 1. The number of amides is 2. The molecule has 2 aromatic rings. The molecule has 0 spiro atoms. The molecule has 2 heterocycles. The van der Waals surface area contributed by atoms with Crippen LogP contribution in [0.2, 0.25) is 0 Å². The van der Waals surface area contributed by atoms with Gasteiger partial charge in [-0.15, -0.1) is 11.3 Å². The van der Waals surface area contributed by atoms with Gasteiger partial charge in [0.05, 0.1) is 5.69 Å². The molecule has 7 heteroatoms. The highest BCUT2D eigenvalue weighted by molar-refractivity contribution is 7.13. The summed E-state index contributed by atoms with van der Waals surface area (Å²) in [4.78, 5) is 31.2. The summed E-state index contributed by atoms with van der Waals surface area (Å²) in [7, 11) is 0. The average molecular weight is 373 g/mol. The van der Waals surface area contributed by atoms with Gasteiger partial charge in [-0.3, -0.25) is 9.59 Å². The lowest BCUT2D eigenvalue weighted by Crippen LogP contribution is -2.49. The Kier molecular flexibility index (Phi) is 4.72. The zero-order valence-corrected chi connectivity index (χ0v) is 15.1. The molecular weight excluding hydrogens is 353 g/mol. The van der Waals surface area contributed by atoms with Crippen LogP contribution in [0.3, 0.4) is 0 Å². The SMILES string of the molecule is O=C(Nc1nc(C2CC2)cs1)C1CCCC(=O)N1Cc1ccc(F)cc1. The summed E-state index contributed by atoms with van der Waals surface area (Å²) < 4.78 is 13.1. The third-order valence-corrected chi connectivity index (χ3v) is 5.66. The fraction of sp³-hybridized carbons (Fsp3) is 0.421. The Morgan fingerprint density at radius 2 is 2.04 bits per heavy atom. The second-order valence-electron chi connectivity index (χ2n) is 6.90. The molecule has 2 aliphatic rings. The number of carbonyl (C=O) groups is 2. The van der Waals surface area contributed by atoms with Gasteiger partial charge >= 0.3 is 0 Å². The van der Waals surface area contributed by atoms with Crippen molar-refractivity contribution in [3.8, 4) is 0 Å². The van der Waals surface area contributed by atoms with E-state index in [0.29, 0.717) is 36.9 Å². The van der Waals surface area contributed by atoms with Gasteiger partial charge in [0.1, 0.15) is 11.9 Å². The molecule has 2 fully saturated rings. The fourth-order valence-electron chi connectivity index (χ4n) is 3.28. The monoisotopic (exact) mass is 373 g/mol. The molecule has 1 atom stereocenters. The number of aromatic nitrogens is 1. The second-order valence-corrected chi connectivity index (χ2v) is 7.76. The molecule has 4 rings (SSSR count). The third-order valence-electron chi connectivity index (χ3n) is 4.88. The van der Waals surface area contributed by atoms with Crippen molar-refractivity contribution in [3.05, 3.63) is 46.7 Å². The van der Waals surface area contributed by atoms with Gasteiger partial charge in [0, 0.05) is 24.3 Å². The fourth-order valence-corrected chi connectivity index (χ4v) is 4.07. The number of thiazole rings is 1. The standard InChI is InChI=1S/C19H20FN3O2S/c20-14-8-4-12(5-9-14)10-23-16(2-1-3-17(23)24)18(25)22-19-21-15(11-26-19)13-6-7-13/h4-5,8-9,11,13,16H,1-3,6-7,10H2,(H,21,22,25). The van der Waals surface area contributed by atoms with Crippen LogP contribution >= 0.6 is 11.3 Å². The Morgan fingerprint density at radius 1 is 1.27 bits per heavy atom. The highest BCUT2D eigenvalue weighted by Gasteiger charge is 2.34. The topological polar surface area (TPSA) is 62.3 Å². The van der Waals surface area contributed by atoms with E-state index in [4.69, 9.17) is 0 Å². The number of halogens is 1. The van der Waals surface area contributed by atoms with Gasteiger partial charge in [0.25, 0.3) is 0 Å². The Balaban J connectivity index is 1.46. The lowest BCUT2D eigenvalue weighted by Gasteiger charge is -2.34. The van der Waals surface area contributed by atoms with Crippen LogP contribution in [0.15, 0.2) is 29.6 Å². The van der Waals surface area contributed by atoms with E-state index >= 15 is 0 Å². The first kappa shape index (κ1) is 17.1. The zero-order chi connectivity index (χ0) is 18.1. The minimum atomic E-state index is -0.519. The number of nitrogens with one attached hydrogen (secondary N) is 1. The number of nitrogens with zero attached hydrogens (tertiary/aromatic N) is 2. The molecule has 0 bridgehead atoms. The summed E-state index contributed by atoms with van der Waals surface area (Å²) in [5.41, 5.74) is 1.86. The van der Waals surface area contributed by atoms with E-state index in [2.05, 4.69) is 10.3 Å². The Bertz CT molecular complexity index is 816. The van der Waals surface area contributed by atoms with Crippen LogP contribution < -0.4 is 5.32 Å². The smallest absolute Gasteiger partial charge is 0.248 e. The van der Waals surface area contributed by atoms with Crippen molar-refractivity contribution >= 4 is 28.3 Å². The molecule has 1 saturated heterocycles. The molecule has 1 aromatic heterocycles. The second kappa shape index (κ2) is 7.15. The van der Waals surface area contributed by atoms with Crippen molar-refractivity contribution in [2.75, 3.05) is 5.32 Å². The molecular formula is C19H20FN3O2S. The number of benzene rings is 1. The molecule has 1 N–H and O–H groups in total. The zero-order valence-electron chi connectivity index (χ0n) is 14.3. The van der Waals surface area contributed by atoms with Crippen molar-refractivity contribution in [1.29, 1.82) is 0 Å². The van der Waals surface area contributed by atoms with Crippen LogP contribution in [0, 0.1) is 5.82 Å². The first-order chi connectivity index (χ1) is 12.6. The van der Waals surface area contributed by atoms with Gasteiger partial charge < -0.3 is 10.2 Å². The maximum atomic E-state index is 13.1. The number of carbonyl (C=O) groups excluding carboxylic acids is 2. The Labute approximate surface area is 155 Å². The lowest BCUT2D eigenvalue weighted by atomic mass is 9.99. The van der Waals surface area contributed by atoms with E-state index in [1.807, 2.05) is 5.38 Å². The molecule has 2 amide bonds. The average Bonchev–Trinajstić information content (AvgIpc) is 3.38. The minimum absolute atomic E-state index is 0.0430. The summed E-state index contributed by atoms with van der Waals surface area (Å²) in [5, 5.41) is 5.46. The molecule has 1 unspecified atom stereocenters. The third kappa shape index (κ3) is 3.77. The molecule has 1 aliphatic heterocycles. The molecule has 26 heavy (non-hydrogen) atoms. The number of likely N-dealkylation sites (tertiary alicyclic amines) is 1. The number of hydrogen-bond acceptors (Lipinski definition) is 4. The van der Waals surface area contributed by atoms with E-state index in [-0.39, 0.29) is 17.6 Å². The largest absolute Gasteiger partial charge is 0.326 e. The molecule has 0 radical (unpaired) electrons. The van der Waals surface area contributed by atoms with Crippen LogP contribution in [0.1, 0.15) is 49.3 Å². The van der Waals surface area contributed by atoms with Gasteiger partial charge in [-0.2, -0.15) is 0 Å². The van der Waals surface area contributed by atoms with Crippen molar-refractivity contribution in [1.82, 2.24) is 9.88 Å². The van der Waals surface area contributed by atoms with Crippen LogP contribution in [-0.4, -0.2) is 27.7 Å². The van der Waals surface area contributed by atoms with Gasteiger partial charge in [-0.25, -0.2) is 9.37 Å². The van der Waals surface area contributed by atoms with Crippen molar-refractivity contribution in [2.45, 2.75) is 50.6 Å². The van der Waals surface area contributed by atoms with E-state index in [1.165, 1.54) is 36.3 Å². The van der Waals surface area contributed by atoms with Crippen molar-refractivity contribution in [2.24, 2.45) is 0 Å². The Hall–Kier alpha value is -2.28. The van der Waals surface area contributed by atoms with Gasteiger partial charge in [-0.1, -0.05) is 12.1 Å². The first-order valence-electron chi connectivity index (χ1n) is 8.90. The summed E-state index contributed by atoms with van der Waals surface area (Å²) in [6.07, 6.45) is 4.09. The summed E-state index contributed by atoms with van der Waals surface area (Å²) in [6, 6.07) is 5.51. The minimum Gasteiger partial charge on any atom is -0.326 e. The van der Waals surface area contributed by atoms with E-state index in [9.17, 15) is 14.0 Å². The molecule has 1 aliphatic carbocycles. The molecule has 1 aromatic carbocycles. The predicted molar refractivity (Wildman–Crippen MR) is 97.3 cm³/mol. The molecule has 136 valence electrons. The summed E-state index contributed by atoms with van der Waals surface area (Å²) >= 11 is 1.43. The van der Waals surface area contributed by atoms with Crippen LogP contribution in [-0.2, 0) is 16.1 Å². The van der Waals surface area contributed by atoms with E-state index in [1.54, 1.807) is 17.0 Å². The highest BCUT2D eigenvalue weighted by Crippen LogP contribution is 2.41. The van der Waals surface area contributed by atoms with Crippen molar-refractivity contribution in [3.63, 3.8) is 0 Å². The Morgan fingerprint density at radius 3 is 2.77 bits per heavy atom. The first-order valence-corrected chi connectivity index (χ1v) is 9.78. The quantitative estimate of drug-likeness (QED) is 0.870. The van der Waals surface area contributed by atoms with E-state index < -0.39 is 6.04 Å².